The molecule has 0 spiro atoms. The molecule has 1 atom stereocenters. The van der Waals surface area contributed by atoms with Gasteiger partial charge in [0.2, 0.25) is 0 Å². The first-order valence-corrected chi connectivity index (χ1v) is 15.9. The highest BCUT2D eigenvalue weighted by atomic mass is 127. The monoisotopic (exact) mass is 824 g/mol. The van der Waals surface area contributed by atoms with Crippen molar-refractivity contribution in [2.45, 2.75) is 33.4 Å². The lowest BCUT2D eigenvalue weighted by Crippen LogP contribution is -2.45. The summed E-state index contributed by atoms with van der Waals surface area (Å²) < 4.78 is 19.1. The second-order valence-electron chi connectivity index (χ2n) is 9.50. The van der Waals surface area contributed by atoms with Gasteiger partial charge in [0.1, 0.15) is 18.1 Å². The van der Waals surface area contributed by atoms with E-state index in [4.69, 9.17) is 26.4 Å². The van der Waals surface area contributed by atoms with Gasteiger partial charge in [0.25, 0.3) is 5.91 Å². The third-order valence-corrected chi connectivity index (χ3v) is 8.06. The molecule has 12 heteroatoms. The van der Waals surface area contributed by atoms with Crippen molar-refractivity contribution in [1.82, 2.24) is 16.1 Å². The van der Waals surface area contributed by atoms with E-state index in [2.05, 4.69) is 85.4 Å². The summed E-state index contributed by atoms with van der Waals surface area (Å²) >= 11 is 9.79. The second kappa shape index (κ2) is 15.5. The summed E-state index contributed by atoms with van der Waals surface area (Å²) in [5.74, 6) is 0.309. The molecule has 0 bridgehead atoms. The number of thiocarbonyl (C=S) groups is 1. The number of halogens is 2. The van der Waals surface area contributed by atoms with Crippen LogP contribution in [0.3, 0.4) is 0 Å². The van der Waals surface area contributed by atoms with Gasteiger partial charge in [-0.2, -0.15) is 5.10 Å². The number of rotatable bonds is 11. The largest absolute Gasteiger partial charge is 0.487 e. The predicted octanol–water partition coefficient (Wildman–Crippen LogP) is 5.67. The number of nitrogens with zero attached hydrogens (tertiary/aromatic N) is 1. The van der Waals surface area contributed by atoms with Crippen LogP contribution in [0.1, 0.15) is 42.1 Å². The Morgan fingerprint density at radius 2 is 1.79 bits per heavy atom. The van der Waals surface area contributed by atoms with Gasteiger partial charge in [-0.1, -0.05) is 48.0 Å². The number of allylic oxidation sites excluding steroid dienone is 1. The average Bonchev–Trinajstić information content (AvgIpc) is 2.95. The highest BCUT2D eigenvalue weighted by Gasteiger charge is 2.32. The number of ether oxygens (including phenoxy) is 3. The summed E-state index contributed by atoms with van der Waals surface area (Å²) in [6.07, 6.45) is 1.57. The van der Waals surface area contributed by atoms with E-state index in [1.165, 1.54) is 5.56 Å². The fourth-order valence-electron chi connectivity index (χ4n) is 4.36. The fraction of sp³-hybridized carbons (Fsp3) is 0.226. The Morgan fingerprint density at radius 3 is 2.51 bits per heavy atom. The Hall–Kier alpha value is -3.24. The molecule has 0 aromatic heterocycles. The van der Waals surface area contributed by atoms with Crippen LogP contribution in [-0.2, 0) is 20.9 Å². The maximum Gasteiger partial charge on any atom is 0.338 e. The van der Waals surface area contributed by atoms with Gasteiger partial charge in [0.15, 0.2) is 11.7 Å². The van der Waals surface area contributed by atoms with E-state index in [9.17, 15) is 9.59 Å². The Balaban J connectivity index is 1.38. The lowest BCUT2D eigenvalue weighted by molar-refractivity contribution is -0.139. The minimum Gasteiger partial charge on any atom is -0.487 e. The second-order valence-corrected chi connectivity index (χ2v) is 12.2. The molecule has 4 rings (SSSR count). The van der Waals surface area contributed by atoms with Crippen molar-refractivity contribution in [2.24, 2.45) is 5.10 Å². The van der Waals surface area contributed by atoms with Gasteiger partial charge in [0, 0.05) is 11.3 Å². The molecule has 3 aromatic carbocycles. The molecular formula is C31H30I2N4O5S. The number of hydrazone groups is 1. The van der Waals surface area contributed by atoms with Gasteiger partial charge in [-0.3, -0.25) is 4.79 Å². The SMILES string of the molecule is CCOC(=O)C1=C(C)NC(=S)N[C@@H]1c1ccccc1OCC(=O)NN=Cc1cc(I)c(OCc2cccc(C)c2)c(I)c1. The Morgan fingerprint density at radius 1 is 1.05 bits per heavy atom. The highest BCUT2D eigenvalue weighted by molar-refractivity contribution is 14.1. The molecule has 224 valence electrons. The van der Waals surface area contributed by atoms with E-state index in [0.717, 1.165) is 24.0 Å². The fourth-order valence-corrected chi connectivity index (χ4v) is 6.76. The molecule has 0 radical (unpaired) electrons. The van der Waals surface area contributed by atoms with Gasteiger partial charge in [0.05, 0.1) is 31.6 Å². The average molecular weight is 824 g/mol. The topological polar surface area (TPSA) is 110 Å². The molecule has 0 aliphatic carbocycles. The molecule has 0 fully saturated rings. The maximum absolute atomic E-state index is 12.7. The first-order valence-electron chi connectivity index (χ1n) is 13.3. The molecule has 1 aliphatic heterocycles. The maximum atomic E-state index is 12.7. The van der Waals surface area contributed by atoms with Crippen LogP contribution in [0.4, 0.5) is 0 Å². The number of carbonyl (C=O) groups is 2. The van der Waals surface area contributed by atoms with Crippen LogP contribution in [0.15, 0.2) is 77.0 Å². The number of hydrogen-bond acceptors (Lipinski definition) is 7. The first-order chi connectivity index (χ1) is 20.7. The predicted molar refractivity (Wildman–Crippen MR) is 186 cm³/mol. The van der Waals surface area contributed by atoms with Crippen LogP contribution in [0.2, 0.25) is 0 Å². The lowest BCUT2D eigenvalue weighted by Gasteiger charge is -2.30. The minimum absolute atomic E-state index is 0.232. The summed E-state index contributed by atoms with van der Waals surface area (Å²) in [5.41, 5.74) is 7.21. The summed E-state index contributed by atoms with van der Waals surface area (Å²) in [7, 11) is 0. The number of para-hydroxylation sites is 1. The van der Waals surface area contributed by atoms with Crippen molar-refractivity contribution in [3.63, 3.8) is 0 Å². The van der Waals surface area contributed by atoms with Crippen molar-refractivity contribution in [2.75, 3.05) is 13.2 Å². The normalized spacial score (nSPS) is 14.6. The highest BCUT2D eigenvalue weighted by Crippen LogP contribution is 2.34. The smallest absolute Gasteiger partial charge is 0.338 e. The van der Waals surface area contributed by atoms with E-state index >= 15 is 0 Å². The molecule has 9 nitrogen and oxygen atoms in total. The molecule has 3 N–H and O–H groups in total. The Bertz CT molecular complexity index is 1570. The quantitative estimate of drug-likeness (QED) is 0.0748. The van der Waals surface area contributed by atoms with Crippen LogP contribution < -0.4 is 25.5 Å². The Labute approximate surface area is 283 Å². The number of aryl methyl sites for hydroxylation is 1. The van der Waals surface area contributed by atoms with Crippen molar-refractivity contribution < 1.29 is 23.8 Å². The molecule has 0 saturated carbocycles. The third-order valence-electron chi connectivity index (χ3n) is 6.24. The summed E-state index contributed by atoms with van der Waals surface area (Å²) in [4.78, 5) is 25.3. The molecule has 1 amide bonds. The van der Waals surface area contributed by atoms with E-state index in [1.807, 2.05) is 30.3 Å². The third kappa shape index (κ3) is 8.89. The standard InChI is InChI=1S/C31H30I2N4O5S/c1-4-40-30(39)27-19(3)35-31(43)36-28(27)22-10-5-6-11-25(22)41-17-26(38)37-34-15-21-13-23(32)29(24(33)14-21)42-16-20-9-7-8-18(2)12-20/h5-15,28H,4,16-17H2,1-3H3,(H,37,38)(H2,35,36,43)/t28-/m1/s1. The lowest BCUT2D eigenvalue weighted by atomic mass is 9.95. The summed E-state index contributed by atoms with van der Waals surface area (Å²) in [6.45, 7) is 5.97. The van der Waals surface area contributed by atoms with Crippen LogP contribution in [-0.4, -0.2) is 36.4 Å². The molecular weight excluding hydrogens is 794 g/mol. The summed E-state index contributed by atoms with van der Waals surface area (Å²) in [6, 6.07) is 18.6. The van der Waals surface area contributed by atoms with E-state index in [0.29, 0.717) is 34.3 Å². The van der Waals surface area contributed by atoms with Crippen LogP contribution in [0.25, 0.3) is 0 Å². The van der Waals surface area contributed by atoms with Crippen LogP contribution in [0.5, 0.6) is 11.5 Å². The van der Waals surface area contributed by atoms with Crippen molar-refractivity contribution >= 4 is 80.6 Å². The van der Waals surface area contributed by atoms with Crippen molar-refractivity contribution in [1.29, 1.82) is 0 Å². The molecule has 0 unspecified atom stereocenters. The van der Waals surface area contributed by atoms with Gasteiger partial charge in [-0.05, 0) is 107 Å². The molecule has 0 saturated heterocycles. The molecule has 1 aliphatic rings. The number of benzene rings is 3. The van der Waals surface area contributed by atoms with Gasteiger partial charge in [-0.25, -0.2) is 10.2 Å². The van der Waals surface area contributed by atoms with E-state index < -0.39 is 17.9 Å². The molecule has 1 heterocycles. The number of esters is 1. The van der Waals surface area contributed by atoms with Crippen LogP contribution >= 0.6 is 57.4 Å². The van der Waals surface area contributed by atoms with Crippen molar-refractivity contribution in [3.05, 3.63) is 101 Å². The zero-order valence-corrected chi connectivity index (χ0v) is 28.8. The summed E-state index contributed by atoms with van der Waals surface area (Å²) in [5, 5.41) is 10.5. The van der Waals surface area contributed by atoms with E-state index in [1.54, 1.807) is 38.3 Å². The van der Waals surface area contributed by atoms with E-state index in [-0.39, 0.29) is 13.2 Å². The number of carbonyl (C=O) groups excluding carboxylic acids is 2. The number of hydrogen-bond donors (Lipinski definition) is 3. The van der Waals surface area contributed by atoms with Crippen molar-refractivity contribution in [3.8, 4) is 11.5 Å². The first kappa shape index (κ1) is 32.7. The van der Waals surface area contributed by atoms with Gasteiger partial charge < -0.3 is 24.8 Å². The Kier molecular flexibility index (Phi) is 11.8. The number of nitrogens with one attached hydrogen (secondary N) is 3. The van der Waals surface area contributed by atoms with Gasteiger partial charge in [-0.15, -0.1) is 0 Å². The zero-order chi connectivity index (χ0) is 30.9. The number of amides is 1. The van der Waals surface area contributed by atoms with Gasteiger partial charge >= 0.3 is 5.97 Å². The molecule has 43 heavy (non-hydrogen) atoms. The molecule has 3 aromatic rings. The zero-order valence-electron chi connectivity index (χ0n) is 23.7. The van der Waals surface area contributed by atoms with Crippen LogP contribution in [0, 0.1) is 14.1 Å². The minimum atomic E-state index is -0.612.